The summed E-state index contributed by atoms with van der Waals surface area (Å²) in [5.74, 6) is 1.10. The van der Waals surface area contributed by atoms with E-state index in [-0.39, 0.29) is 11.6 Å². The molecule has 0 radical (unpaired) electrons. The van der Waals surface area contributed by atoms with E-state index < -0.39 is 0 Å². The number of rotatable bonds is 5. The average Bonchev–Trinajstić information content (AvgIpc) is 3.32. The van der Waals surface area contributed by atoms with Crippen LogP contribution in [-0.4, -0.2) is 63.5 Å². The zero-order valence-corrected chi connectivity index (χ0v) is 16.5. The maximum absolute atomic E-state index is 12.6. The van der Waals surface area contributed by atoms with Crippen LogP contribution in [0.2, 0.25) is 0 Å². The van der Waals surface area contributed by atoms with Gasteiger partial charge in [0, 0.05) is 30.7 Å². The minimum Gasteiger partial charge on any atom is -0.478 e. The molecule has 1 aliphatic heterocycles. The smallest absolute Gasteiger partial charge is 0.277 e. The Hall–Kier alpha value is -3.27. The Morgan fingerprint density at radius 2 is 2.07 bits per heavy atom. The van der Waals surface area contributed by atoms with Gasteiger partial charge in [0.2, 0.25) is 5.65 Å². The van der Waals surface area contributed by atoms with Crippen LogP contribution in [0, 0.1) is 12.3 Å². The normalized spacial score (nSPS) is 19.3. The fourth-order valence-electron chi connectivity index (χ4n) is 4.05. The molecule has 2 fully saturated rings. The molecule has 0 aromatic carbocycles. The number of hydrogen-bond acceptors (Lipinski definition) is 8. The number of amides is 1. The van der Waals surface area contributed by atoms with Crippen molar-refractivity contribution in [2.24, 2.45) is 5.41 Å². The molecule has 3 aromatic rings. The number of nitrogens with zero attached hydrogens (tertiary/aromatic N) is 6. The number of carbonyl (C=O) groups is 1. The molecule has 10 nitrogen and oxygen atoms in total. The minimum absolute atomic E-state index is 0.228. The fourth-order valence-corrected chi connectivity index (χ4v) is 4.05. The van der Waals surface area contributed by atoms with E-state index in [1.807, 2.05) is 20.2 Å². The van der Waals surface area contributed by atoms with Crippen molar-refractivity contribution < 1.29 is 9.53 Å². The monoisotopic (exact) mass is 394 g/mol. The second-order valence-electron chi connectivity index (χ2n) is 7.73. The van der Waals surface area contributed by atoms with Gasteiger partial charge in [0.25, 0.3) is 11.8 Å². The summed E-state index contributed by atoms with van der Waals surface area (Å²) in [5, 5.41) is 6.08. The first-order valence-electron chi connectivity index (χ1n) is 9.47. The molecule has 3 aromatic heterocycles. The molecule has 29 heavy (non-hydrogen) atoms. The van der Waals surface area contributed by atoms with Crippen LogP contribution in [-0.2, 0) is 0 Å². The van der Waals surface area contributed by atoms with Gasteiger partial charge in [0.05, 0.1) is 31.4 Å². The van der Waals surface area contributed by atoms with Gasteiger partial charge in [0.15, 0.2) is 5.82 Å². The number of methoxy groups -OCH3 is 1. The van der Waals surface area contributed by atoms with Crippen molar-refractivity contribution in [3.63, 3.8) is 0 Å². The van der Waals surface area contributed by atoms with Crippen LogP contribution in [0.3, 0.4) is 0 Å². The number of anilines is 2. The van der Waals surface area contributed by atoms with Gasteiger partial charge in [-0.1, -0.05) is 0 Å². The summed E-state index contributed by atoms with van der Waals surface area (Å²) in [4.78, 5) is 32.1. The van der Waals surface area contributed by atoms with Crippen LogP contribution < -0.4 is 20.3 Å². The molecular weight excluding hydrogens is 372 g/mol. The number of hydrogen-bond donors (Lipinski definition) is 2. The number of carbonyl (C=O) groups excluding carboxylic acids is 1. The van der Waals surface area contributed by atoms with Crippen LogP contribution >= 0.6 is 0 Å². The Labute approximate surface area is 167 Å². The predicted octanol–water partition coefficient (Wildman–Crippen LogP) is 0.887. The van der Waals surface area contributed by atoms with Gasteiger partial charge < -0.3 is 20.3 Å². The molecule has 0 bridgehead atoms. The Balaban J connectivity index is 1.28. The zero-order chi connectivity index (χ0) is 20.2. The highest BCUT2D eigenvalue weighted by molar-refractivity contribution is 6.02. The third-order valence-electron chi connectivity index (χ3n) is 5.71. The first-order valence-corrected chi connectivity index (χ1v) is 9.47. The number of nitrogens with one attached hydrogen (secondary N) is 2. The topological polar surface area (TPSA) is 110 Å². The molecule has 1 atom stereocenters. The molecule has 2 N–H and O–H groups in total. The second-order valence-corrected chi connectivity index (χ2v) is 7.73. The highest BCUT2D eigenvalue weighted by Crippen LogP contribution is 2.53. The van der Waals surface area contributed by atoms with Gasteiger partial charge in [-0.3, -0.25) is 9.20 Å². The number of ether oxygens (including phenoxy) is 1. The van der Waals surface area contributed by atoms with Gasteiger partial charge in [0.1, 0.15) is 11.5 Å². The highest BCUT2D eigenvalue weighted by atomic mass is 16.5. The Morgan fingerprint density at radius 3 is 2.72 bits per heavy atom. The Kier molecular flexibility index (Phi) is 3.91. The summed E-state index contributed by atoms with van der Waals surface area (Å²) >= 11 is 0. The Bertz CT molecular complexity index is 1090. The fraction of sp³-hybridized carbons (Fsp3) is 0.421. The lowest BCUT2D eigenvalue weighted by molar-refractivity contribution is 0.102. The van der Waals surface area contributed by atoms with E-state index in [4.69, 9.17) is 4.74 Å². The van der Waals surface area contributed by atoms with Crippen LogP contribution in [0.1, 0.15) is 22.6 Å². The zero-order valence-electron chi connectivity index (χ0n) is 16.5. The molecule has 10 heteroatoms. The molecule has 1 amide bonds. The van der Waals surface area contributed by atoms with E-state index in [1.54, 1.807) is 16.8 Å². The first-order chi connectivity index (χ1) is 14.0. The summed E-state index contributed by atoms with van der Waals surface area (Å²) in [5.41, 5.74) is 2.05. The second kappa shape index (κ2) is 6.38. The first kappa shape index (κ1) is 17.8. The molecule has 4 heterocycles. The summed E-state index contributed by atoms with van der Waals surface area (Å²) < 4.78 is 7.05. The SMILES string of the molecule is CN[C@H]1CC12CN(c1cnc(C(=O)Nc3cn4cc(C)nc4c(OC)n3)cn1)C2. The van der Waals surface area contributed by atoms with Crippen molar-refractivity contribution in [3.8, 4) is 5.88 Å². The van der Waals surface area contributed by atoms with E-state index in [0.717, 1.165) is 24.6 Å². The third-order valence-corrected chi connectivity index (χ3v) is 5.71. The molecule has 1 aliphatic carbocycles. The molecule has 1 saturated heterocycles. The van der Waals surface area contributed by atoms with Crippen molar-refractivity contribution in [3.05, 3.63) is 36.2 Å². The molecular formula is C19H22N8O2. The van der Waals surface area contributed by atoms with Crippen LogP contribution in [0.5, 0.6) is 5.88 Å². The number of aryl methyl sites for hydroxylation is 1. The van der Waals surface area contributed by atoms with Crippen LogP contribution in [0.25, 0.3) is 5.65 Å². The van der Waals surface area contributed by atoms with E-state index in [2.05, 4.69) is 35.5 Å². The number of aromatic nitrogens is 5. The average molecular weight is 394 g/mol. The highest BCUT2D eigenvalue weighted by Gasteiger charge is 2.61. The molecule has 0 unspecified atom stereocenters. The minimum atomic E-state index is -0.382. The van der Waals surface area contributed by atoms with E-state index in [9.17, 15) is 4.79 Å². The maximum Gasteiger partial charge on any atom is 0.277 e. The summed E-state index contributed by atoms with van der Waals surface area (Å²) in [7, 11) is 3.52. The maximum atomic E-state index is 12.6. The quantitative estimate of drug-likeness (QED) is 0.657. The lowest BCUT2D eigenvalue weighted by atomic mass is 9.96. The molecule has 2 aliphatic rings. The van der Waals surface area contributed by atoms with E-state index >= 15 is 0 Å². The van der Waals surface area contributed by atoms with Crippen LogP contribution in [0.4, 0.5) is 11.6 Å². The lowest BCUT2D eigenvalue weighted by Crippen LogP contribution is -2.52. The molecule has 1 spiro atoms. The number of fused-ring (bicyclic) bond motifs is 1. The van der Waals surface area contributed by atoms with E-state index in [0.29, 0.717) is 28.8 Å². The van der Waals surface area contributed by atoms with Gasteiger partial charge in [-0.2, -0.15) is 4.98 Å². The summed E-state index contributed by atoms with van der Waals surface area (Å²) in [6.45, 7) is 3.84. The van der Waals surface area contributed by atoms with Crippen LogP contribution in [0.15, 0.2) is 24.8 Å². The Morgan fingerprint density at radius 1 is 1.24 bits per heavy atom. The van der Waals surface area contributed by atoms with Gasteiger partial charge in [-0.05, 0) is 20.4 Å². The molecule has 5 rings (SSSR count). The van der Waals surface area contributed by atoms with Crippen molar-refractivity contribution in [2.45, 2.75) is 19.4 Å². The molecule has 150 valence electrons. The third kappa shape index (κ3) is 2.96. The predicted molar refractivity (Wildman–Crippen MR) is 106 cm³/mol. The number of imidazole rings is 1. The van der Waals surface area contributed by atoms with Gasteiger partial charge in [-0.15, -0.1) is 0 Å². The van der Waals surface area contributed by atoms with Crippen molar-refractivity contribution in [2.75, 3.05) is 37.5 Å². The van der Waals surface area contributed by atoms with Crippen molar-refractivity contribution in [1.29, 1.82) is 0 Å². The molecule has 1 saturated carbocycles. The van der Waals surface area contributed by atoms with E-state index in [1.165, 1.54) is 19.7 Å². The van der Waals surface area contributed by atoms with Crippen molar-refractivity contribution in [1.82, 2.24) is 29.7 Å². The van der Waals surface area contributed by atoms with Gasteiger partial charge in [-0.25, -0.2) is 15.0 Å². The largest absolute Gasteiger partial charge is 0.478 e. The standard InChI is InChI=1S/C19H22N8O2/c1-11-7-26-8-14(25-18(29-3)16(26)23-11)24-17(28)12-5-22-15(6-21-12)27-9-19(10-27)4-13(19)20-2/h5-8,13,20H,4,9-10H2,1-3H3,(H,24,28)/t13-/m0/s1. The van der Waals surface area contributed by atoms with Gasteiger partial charge >= 0.3 is 0 Å². The summed E-state index contributed by atoms with van der Waals surface area (Å²) in [6.07, 6.45) is 7.88. The van der Waals surface area contributed by atoms with Crippen molar-refractivity contribution >= 4 is 23.2 Å². The lowest BCUT2D eigenvalue weighted by Gasteiger charge is -2.41. The summed E-state index contributed by atoms with van der Waals surface area (Å²) in [6, 6.07) is 0.609.